The molecule has 1 atom stereocenters. The molecule has 1 aliphatic rings. The molecule has 0 amide bonds. The molecular formula is C29H33N3O8S. The van der Waals surface area contributed by atoms with E-state index in [0.29, 0.717) is 52.6 Å². The summed E-state index contributed by atoms with van der Waals surface area (Å²) < 4.78 is 25.4. The lowest BCUT2D eigenvalue weighted by Crippen LogP contribution is -2.52. The zero-order chi connectivity index (χ0) is 29.3. The van der Waals surface area contributed by atoms with Crippen molar-refractivity contribution in [3.63, 3.8) is 0 Å². The summed E-state index contributed by atoms with van der Waals surface area (Å²) >= 11 is 1.20. The predicted octanol–water partition coefficient (Wildman–Crippen LogP) is 4.20. The molecule has 1 saturated heterocycles. The van der Waals surface area contributed by atoms with Crippen LogP contribution in [0.4, 0.5) is 0 Å². The molecule has 218 valence electrons. The van der Waals surface area contributed by atoms with Gasteiger partial charge in [-0.15, -0.1) is 11.3 Å². The summed E-state index contributed by atoms with van der Waals surface area (Å²) in [5.41, 5.74) is -1.96. The highest BCUT2D eigenvalue weighted by Crippen LogP contribution is 2.37. The van der Waals surface area contributed by atoms with Crippen molar-refractivity contribution in [1.29, 1.82) is 0 Å². The summed E-state index contributed by atoms with van der Waals surface area (Å²) in [7, 11) is 1.57. The van der Waals surface area contributed by atoms with E-state index in [2.05, 4.69) is 4.98 Å². The number of aliphatic carboxylic acids is 1. The molecule has 1 aliphatic heterocycles. The van der Waals surface area contributed by atoms with Crippen molar-refractivity contribution in [2.75, 3.05) is 26.9 Å². The van der Waals surface area contributed by atoms with E-state index < -0.39 is 28.9 Å². The van der Waals surface area contributed by atoms with Gasteiger partial charge in [0.2, 0.25) is 5.89 Å². The molecule has 12 heteroatoms. The minimum Gasteiger partial charge on any atom is -0.496 e. The molecule has 3 aromatic heterocycles. The molecule has 0 bridgehead atoms. The van der Waals surface area contributed by atoms with Gasteiger partial charge in [-0.1, -0.05) is 18.2 Å². The largest absolute Gasteiger partial charge is 0.496 e. The molecule has 1 aromatic carbocycles. The van der Waals surface area contributed by atoms with Gasteiger partial charge < -0.3 is 23.7 Å². The van der Waals surface area contributed by atoms with Crippen LogP contribution in [0, 0.1) is 12.8 Å². The Hall–Kier alpha value is -3.74. The lowest BCUT2D eigenvalue weighted by molar-refractivity contribution is -0.146. The van der Waals surface area contributed by atoms with E-state index in [0.717, 1.165) is 23.0 Å². The van der Waals surface area contributed by atoms with Crippen LogP contribution in [0.2, 0.25) is 0 Å². The third-order valence-electron chi connectivity index (χ3n) is 7.63. The van der Waals surface area contributed by atoms with Crippen LogP contribution in [-0.4, -0.2) is 52.1 Å². The fourth-order valence-corrected chi connectivity index (χ4v) is 6.38. The Kier molecular flexibility index (Phi) is 8.16. The Morgan fingerprint density at radius 1 is 1.24 bits per heavy atom. The zero-order valence-electron chi connectivity index (χ0n) is 23.4. The number of hydrogen-bond acceptors (Lipinski definition) is 9. The monoisotopic (exact) mass is 583 g/mol. The number of aryl methyl sites for hydroxylation is 1. The lowest BCUT2D eigenvalue weighted by atomic mass is 10.0. The number of oxazole rings is 1. The Bertz CT molecular complexity index is 1660. The number of benzene rings is 1. The van der Waals surface area contributed by atoms with Crippen molar-refractivity contribution in [3.05, 3.63) is 68.7 Å². The number of carboxylic acids is 1. The zero-order valence-corrected chi connectivity index (χ0v) is 24.2. The predicted molar refractivity (Wildman–Crippen MR) is 153 cm³/mol. The molecule has 0 spiro atoms. The van der Waals surface area contributed by atoms with Gasteiger partial charge >= 0.3 is 11.7 Å². The highest BCUT2D eigenvalue weighted by Gasteiger charge is 2.36. The second-order valence-electron chi connectivity index (χ2n) is 10.6. The summed E-state index contributed by atoms with van der Waals surface area (Å²) in [5.74, 6) is -0.113. The first-order valence-corrected chi connectivity index (χ1v) is 14.2. The minimum atomic E-state index is -1.82. The molecule has 4 heterocycles. The first kappa shape index (κ1) is 28.8. The highest BCUT2D eigenvalue weighted by atomic mass is 32.1. The molecule has 0 aliphatic carbocycles. The van der Waals surface area contributed by atoms with Crippen LogP contribution >= 0.6 is 11.3 Å². The fourth-order valence-electron chi connectivity index (χ4n) is 5.14. The van der Waals surface area contributed by atoms with E-state index in [1.54, 1.807) is 14.0 Å². The van der Waals surface area contributed by atoms with Gasteiger partial charge in [0.15, 0.2) is 0 Å². The molecule has 4 aromatic rings. The molecule has 0 radical (unpaired) electrons. The van der Waals surface area contributed by atoms with Crippen molar-refractivity contribution in [2.45, 2.75) is 51.8 Å². The summed E-state index contributed by atoms with van der Waals surface area (Å²) in [5, 5.41) is 10.2. The Balaban J connectivity index is 1.71. The van der Waals surface area contributed by atoms with Gasteiger partial charge in [0.1, 0.15) is 28.5 Å². The van der Waals surface area contributed by atoms with Gasteiger partial charge in [-0.05, 0) is 51.2 Å². The maximum Gasteiger partial charge on any atom is 0.333 e. The third kappa shape index (κ3) is 5.34. The van der Waals surface area contributed by atoms with Crippen LogP contribution in [0.1, 0.15) is 43.9 Å². The number of thiophene rings is 1. The number of ether oxygens (including phenoxy) is 3. The Labute approximate surface area is 239 Å². The first-order chi connectivity index (χ1) is 19.6. The summed E-state index contributed by atoms with van der Waals surface area (Å²) in [6.07, 6.45) is 4.02. The minimum absolute atomic E-state index is 0.0138. The molecule has 1 N–H and O–H groups in total. The van der Waals surface area contributed by atoms with E-state index >= 15 is 0 Å². The average molecular weight is 584 g/mol. The van der Waals surface area contributed by atoms with Crippen LogP contribution in [-0.2, 0) is 26.4 Å². The molecule has 41 heavy (non-hydrogen) atoms. The number of rotatable bonds is 10. The topological polar surface area (TPSA) is 135 Å². The number of carbonyl (C=O) groups is 1. The maximum atomic E-state index is 14.1. The third-order valence-corrected chi connectivity index (χ3v) is 8.93. The second kappa shape index (κ2) is 11.6. The highest BCUT2D eigenvalue weighted by molar-refractivity contribution is 7.22. The molecule has 0 unspecified atom stereocenters. The van der Waals surface area contributed by atoms with Gasteiger partial charge in [-0.2, -0.15) is 0 Å². The normalized spacial score (nSPS) is 15.3. The lowest BCUT2D eigenvalue weighted by Gasteiger charge is -2.28. The van der Waals surface area contributed by atoms with E-state index in [-0.39, 0.29) is 11.9 Å². The standard InChI is InChI=1S/C29H33N3O8S/c1-17-22-25(33)32(29(2,3)27(34)35)28(36)31(26(22)41-23(17)24-30-11-14-39-24)15-21(19-7-5-6-8-20(19)37-4)40-16-18-9-12-38-13-10-18/h5-8,11,14,18,21H,9-10,12-13,15-16H2,1-4H3,(H,34,35)/t21-/m1/s1. The number of fused-ring (bicyclic) bond motifs is 1. The summed E-state index contributed by atoms with van der Waals surface area (Å²) in [6.45, 7) is 6.21. The van der Waals surface area contributed by atoms with Gasteiger partial charge in [-0.3, -0.25) is 9.36 Å². The summed E-state index contributed by atoms with van der Waals surface area (Å²) in [6, 6.07) is 7.42. The van der Waals surface area contributed by atoms with Crippen molar-refractivity contribution in [3.8, 4) is 16.5 Å². The van der Waals surface area contributed by atoms with Gasteiger partial charge in [0.25, 0.3) is 5.56 Å². The van der Waals surface area contributed by atoms with Crippen LogP contribution in [0.3, 0.4) is 0 Å². The van der Waals surface area contributed by atoms with E-state index in [1.807, 2.05) is 24.3 Å². The molecule has 0 saturated carbocycles. The van der Waals surface area contributed by atoms with Crippen LogP contribution in [0.5, 0.6) is 5.75 Å². The SMILES string of the molecule is COc1ccccc1[C@@H](Cn1c(=O)n(C(C)(C)C(=O)O)c(=O)c2c(C)c(-c3ncco3)sc21)OCC1CCOCC1. The first-order valence-electron chi connectivity index (χ1n) is 13.4. The van der Waals surface area contributed by atoms with Crippen LogP contribution in [0.25, 0.3) is 21.0 Å². The smallest absolute Gasteiger partial charge is 0.333 e. The summed E-state index contributed by atoms with van der Waals surface area (Å²) in [4.78, 5) is 45.4. The number of carboxylic acid groups (broad SMARTS) is 1. The molecule has 11 nitrogen and oxygen atoms in total. The molecular weight excluding hydrogens is 550 g/mol. The van der Waals surface area contributed by atoms with Gasteiger partial charge in [0, 0.05) is 18.8 Å². The number of hydrogen-bond donors (Lipinski definition) is 1. The van der Waals surface area contributed by atoms with Crippen molar-refractivity contribution < 1.29 is 28.5 Å². The van der Waals surface area contributed by atoms with E-state index in [4.69, 9.17) is 18.6 Å². The Morgan fingerprint density at radius 2 is 1.98 bits per heavy atom. The second-order valence-corrected chi connectivity index (χ2v) is 11.6. The Morgan fingerprint density at radius 3 is 2.63 bits per heavy atom. The molecule has 1 fully saturated rings. The maximum absolute atomic E-state index is 14.1. The van der Waals surface area contributed by atoms with E-state index in [9.17, 15) is 19.5 Å². The van der Waals surface area contributed by atoms with Crippen molar-refractivity contribution in [1.82, 2.24) is 14.1 Å². The number of nitrogens with zero attached hydrogens (tertiary/aromatic N) is 3. The average Bonchev–Trinajstić information content (AvgIpc) is 3.61. The van der Waals surface area contributed by atoms with Crippen LogP contribution in [0.15, 0.2) is 50.7 Å². The van der Waals surface area contributed by atoms with E-state index in [1.165, 1.54) is 42.2 Å². The number of para-hydroxylation sites is 1. The van der Waals surface area contributed by atoms with Gasteiger partial charge in [0.05, 0.1) is 36.7 Å². The van der Waals surface area contributed by atoms with Gasteiger partial charge in [-0.25, -0.2) is 19.1 Å². The van der Waals surface area contributed by atoms with Crippen LogP contribution < -0.4 is 16.0 Å². The number of aromatic nitrogens is 3. The quantitative estimate of drug-likeness (QED) is 0.291. The number of methoxy groups -OCH3 is 1. The fraction of sp³-hybridized carbons (Fsp3) is 0.448. The van der Waals surface area contributed by atoms with Crippen molar-refractivity contribution in [2.24, 2.45) is 5.92 Å². The van der Waals surface area contributed by atoms with Crippen molar-refractivity contribution >= 4 is 27.5 Å². The molecule has 5 rings (SSSR count).